The molecule has 11 heteroatoms. The number of para-hydroxylation sites is 1. The van der Waals surface area contributed by atoms with Crippen molar-refractivity contribution in [1.29, 1.82) is 0 Å². The molecular formula is C30H27F4N5OS. The minimum atomic E-state index is -4.47. The van der Waals surface area contributed by atoms with Crippen molar-refractivity contribution in [2.75, 3.05) is 11.9 Å². The Hall–Kier alpha value is -4.25. The molecule has 6 nitrogen and oxygen atoms in total. The lowest BCUT2D eigenvalue weighted by molar-refractivity contribution is -0.137. The monoisotopic (exact) mass is 581 g/mol. The van der Waals surface area contributed by atoms with E-state index in [1.807, 2.05) is 36.9 Å². The fourth-order valence-corrected chi connectivity index (χ4v) is 5.62. The number of thiocarbonyl (C=S) groups is 1. The summed E-state index contributed by atoms with van der Waals surface area (Å²) in [6.45, 7) is 3.90. The average molecular weight is 582 g/mol. The van der Waals surface area contributed by atoms with Gasteiger partial charge in [0.2, 0.25) is 5.91 Å². The van der Waals surface area contributed by atoms with Crippen LogP contribution in [0.15, 0.2) is 79.0 Å². The summed E-state index contributed by atoms with van der Waals surface area (Å²) in [5.41, 5.74) is 2.78. The fourth-order valence-electron chi connectivity index (χ4n) is 5.29. The van der Waals surface area contributed by atoms with Crippen molar-refractivity contribution >= 4 is 28.9 Å². The Bertz CT molecular complexity index is 1590. The number of benzene rings is 2. The van der Waals surface area contributed by atoms with Gasteiger partial charge < -0.3 is 20.1 Å². The first kappa shape index (κ1) is 28.3. The highest BCUT2D eigenvalue weighted by Gasteiger charge is 2.41. The molecule has 5 rings (SSSR count). The second-order valence-electron chi connectivity index (χ2n) is 9.81. The summed E-state index contributed by atoms with van der Waals surface area (Å²) in [7, 11) is 0. The third-order valence-corrected chi connectivity index (χ3v) is 7.50. The Morgan fingerprint density at radius 2 is 1.80 bits per heavy atom. The van der Waals surface area contributed by atoms with Gasteiger partial charge in [0, 0.05) is 36.2 Å². The molecule has 212 valence electrons. The molecule has 0 radical (unpaired) electrons. The summed E-state index contributed by atoms with van der Waals surface area (Å²) in [6.07, 6.45) is -2.78. The molecule has 4 aromatic rings. The zero-order valence-electron chi connectivity index (χ0n) is 22.2. The predicted molar refractivity (Wildman–Crippen MR) is 152 cm³/mol. The van der Waals surface area contributed by atoms with E-state index in [1.54, 1.807) is 29.0 Å². The zero-order chi connectivity index (χ0) is 29.3. The standard InChI is InChI=1S/C30H27F4N5OS/c1-18-16-22(19(2)39(18)21-9-7-8-20(17-21)30(32,33)34)28-27(25-12-5-6-14-35-25)37-29(41)38(28)15-13-26(40)36-24-11-4-3-10-23(24)31/h3-12,14,16-17,27-28H,13,15H2,1-2H3,(H,36,40)(H,37,41)/t27-,28+/m0/s1. The summed E-state index contributed by atoms with van der Waals surface area (Å²) >= 11 is 5.70. The highest BCUT2D eigenvalue weighted by molar-refractivity contribution is 7.80. The number of nitrogens with one attached hydrogen (secondary N) is 2. The van der Waals surface area contributed by atoms with Gasteiger partial charge in [0.05, 0.1) is 29.0 Å². The van der Waals surface area contributed by atoms with Crippen LogP contribution in [0.4, 0.5) is 23.2 Å². The highest BCUT2D eigenvalue weighted by atomic mass is 32.1. The molecule has 2 atom stereocenters. The molecule has 3 heterocycles. The fraction of sp³-hybridized carbons (Fsp3) is 0.233. The van der Waals surface area contributed by atoms with Crippen LogP contribution in [0.3, 0.4) is 0 Å². The Balaban J connectivity index is 1.49. The van der Waals surface area contributed by atoms with Gasteiger partial charge >= 0.3 is 6.18 Å². The van der Waals surface area contributed by atoms with Crippen LogP contribution in [-0.4, -0.2) is 32.0 Å². The Morgan fingerprint density at radius 3 is 2.51 bits per heavy atom. The van der Waals surface area contributed by atoms with E-state index in [0.717, 1.165) is 34.8 Å². The number of nitrogens with zero attached hydrogens (tertiary/aromatic N) is 3. The van der Waals surface area contributed by atoms with Crippen LogP contribution in [0, 0.1) is 19.7 Å². The number of halogens is 4. The second kappa shape index (κ2) is 11.3. The summed E-state index contributed by atoms with van der Waals surface area (Å²) in [6, 6.07) is 17.8. The minimum Gasteiger partial charge on any atom is -0.352 e. The van der Waals surface area contributed by atoms with Crippen LogP contribution in [0.2, 0.25) is 0 Å². The number of carbonyl (C=O) groups is 1. The number of anilines is 1. The molecule has 0 bridgehead atoms. The summed E-state index contributed by atoms with van der Waals surface area (Å²) < 4.78 is 56.3. The maximum atomic E-state index is 14.1. The first-order valence-electron chi connectivity index (χ1n) is 12.9. The number of hydrogen-bond donors (Lipinski definition) is 2. The van der Waals surface area contributed by atoms with Crippen LogP contribution in [0.5, 0.6) is 0 Å². The molecular weight excluding hydrogens is 554 g/mol. The molecule has 1 aliphatic rings. The summed E-state index contributed by atoms with van der Waals surface area (Å²) in [5.74, 6) is -0.915. The van der Waals surface area contributed by atoms with Crippen LogP contribution >= 0.6 is 12.2 Å². The van der Waals surface area contributed by atoms with Gasteiger partial charge in [-0.25, -0.2) is 4.39 Å². The number of aromatic nitrogens is 2. The van der Waals surface area contributed by atoms with Crippen molar-refractivity contribution in [2.45, 2.75) is 38.5 Å². The number of alkyl halides is 3. The smallest absolute Gasteiger partial charge is 0.352 e. The second-order valence-corrected chi connectivity index (χ2v) is 10.2. The van der Waals surface area contributed by atoms with Crippen LogP contribution in [-0.2, 0) is 11.0 Å². The topological polar surface area (TPSA) is 62.2 Å². The highest BCUT2D eigenvalue weighted by Crippen LogP contribution is 2.42. The largest absolute Gasteiger partial charge is 0.416 e. The number of rotatable bonds is 7. The number of pyridine rings is 1. The predicted octanol–water partition coefficient (Wildman–Crippen LogP) is 6.65. The number of carbonyl (C=O) groups excluding carboxylic acids is 1. The SMILES string of the molecule is Cc1cc([C@@H]2[C@H](c3ccccn3)NC(=S)N2CCC(=O)Nc2ccccc2F)c(C)n1-c1cccc(C(F)(F)F)c1. The van der Waals surface area contributed by atoms with Gasteiger partial charge in [0.15, 0.2) is 5.11 Å². The number of hydrogen-bond acceptors (Lipinski definition) is 3. The van der Waals surface area contributed by atoms with Gasteiger partial charge in [-0.15, -0.1) is 0 Å². The van der Waals surface area contributed by atoms with Crippen molar-refractivity contribution in [3.05, 3.63) is 113 Å². The molecule has 1 aliphatic heterocycles. The van der Waals surface area contributed by atoms with Crippen molar-refractivity contribution in [1.82, 2.24) is 19.8 Å². The zero-order valence-corrected chi connectivity index (χ0v) is 23.1. The van der Waals surface area contributed by atoms with Gasteiger partial charge in [-0.2, -0.15) is 13.2 Å². The molecule has 2 aromatic carbocycles. The van der Waals surface area contributed by atoms with E-state index in [-0.39, 0.29) is 30.6 Å². The Labute approximate surface area is 240 Å². The quantitative estimate of drug-likeness (QED) is 0.189. The molecule has 1 fully saturated rings. The van der Waals surface area contributed by atoms with Crippen LogP contribution < -0.4 is 10.6 Å². The lowest BCUT2D eigenvalue weighted by Crippen LogP contribution is -2.33. The van der Waals surface area contributed by atoms with Gasteiger partial charge in [-0.1, -0.05) is 24.3 Å². The van der Waals surface area contributed by atoms with Crippen molar-refractivity contribution in [2.24, 2.45) is 0 Å². The van der Waals surface area contributed by atoms with E-state index >= 15 is 0 Å². The molecule has 0 saturated carbocycles. The van der Waals surface area contributed by atoms with Crippen molar-refractivity contribution < 1.29 is 22.4 Å². The lowest BCUT2D eigenvalue weighted by Gasteiger charge is -2.28. The molecule has 0 unspecified atom stereocenters. The maximum Gasteiger partial charge on any atom is 0.416 e. The number of aryl methyl sites for hydroxylation is 1. The third-order valence-electron chi connectivity index (χ3n) is 7.15. The van der Waals surface area contributed by atoms with Crippen molar-refractivity contribution in [3.8, 4) is 5.69 Å². The maximum absolute atomic E-state index is 14.1. The van der Waals surface area contributed by atoms with E-state index in [4.69, 9.17) is 12.2 Å². The Morgan fingerprint density at radius 1 is 1.05 bits per heavy atom. The van der Waals surface area contributed by atoms with E-state index < -0.39 is 23.6 Å². The molecule has 1 saturated heterocycles. The molecule has 0 aliphatic carbocycles. The average Bonchev–Trinajstić information content (AvgIpc) is 3.43. The van der Waals surface area contributed by atoms with Crippen molar-refractivity contribution in [3.63, 3.8) is 0 Å². The van der Waals surface area contributed by atoms with Gasteiger partial charge in [0.25, 0.3) is 0 Å². The molecule has 1 amide bonds. The van der Waals surface area contributed by atoms with E-state index in [0.29, 0.717) is 10.8 Å². The number of amides is 1. The first-order chi connectivity index (χ1) is 19.5. The third kappa shape index (κ3) is 5.81. The van der Waals surface area contributed by atoms with Gasteiger partial charge in [-0.05, 0) is 80.2 Å². The summed E-state index contributed by atoms with van der Waals surface area (Å²) in [5, 5.41) is 6.33. The molecule has 0 spiro atoms. The summed E-state index contributed by atoms with van der Waals surface area (Å²) in [4.78, 5) is 19.2. The molecule has 41 heavy (non-hydrogen) atoms. The van der Waals surface area contributed by atoms with Crippen LogP contribution in [0.1, 0.15) is 46.7 Å². The first-order valence-corrected chi connectivity index (χ1v) is 13.3. The minimum absolute atomic E-state index is 0.0218. The van der Waals surface area contributed by atoms with E-state index in [1.165, 1.54) is 24.3 Å². The normalized spacial score (nSPS) is 17.0. The van der Waals surface area contributed by atoms with Crippen LogP contribution in [0.25, 0.3) is 5.69 Å². The molecule has 2 aromatic heterocycles. The molecule has 2 N–H and O–H groups in total. The lowest BCUT2D eigenvalue weighted by atomic mass is 9.96. The van der Waals surface area contributed by atoms with Gasteiger partial charge in [-0.3, -0.25) is 9.78 Å². The Kier molecular flexibility index (Phi) is 7.81. The van der Waals surface area contributed by atoms with Gasteiger partial charge in [0.1, 0.15) is 5.82 Å². The van der Waals surface area contributed by atoms with E-state index in [9.17, 15) is 22.4 Å². The van der Waals surface area contributed by atoms with E-state index in [2.05, 4.69) is 15.6 Å².